The molecule has 1 aromatic heterocycles. The summed E-state index contributed by atoms with van der Waals surface area (Å²) in [6, 6.07) is 10.3. The Bertz CT molecular complexity index is 669. The van der Waals surface area contributed by atoms with Crippen molar-refractivity contribution >= 4 is 26.0 Å². The van der Waals surface area contributed by atoms with Gasteiger partial charge >= 0.3 is 0 Å². The molecule has 0 amide bonds. The first kappa shape index (κ1) is 14.2. The lowest BCUT2D eigenvalue weighted by Gasteiger charge is -2.08. The average Bonchev–Trinajstić information content (AvgIpc) is 2.38. The number of nitrogens with zero attached hydrogens (tertiary/aromatic N) is 1. The fraction of sp³-hybridized carbons (Fsp3) is 0.154. The number of aryl methyl sites for hydroxylation is 1. The predicted octanol–water partition coefficient (Wildman–Crippen LogP) is 2.63. The SMILES string of the molecule is Cc1ccc(S(=O)(=O)NCc2cccnc2Br)cc1. The molecule has 0 atom stereocenters. The lowest BCUT2D eigenvalue weighted by atomic mass is 10.2. The molecule has 6 heteroatoms. The fourth-order valence-corrected chi connectivity index (χ4v) is 2.92. The molecule has 2 aromatic rings. The summed E-state index contributed by atoms with van der Waals surface area (Å²) in [5, 5.41) is 0. The number of benzene rings is 1. The molecule has 19 heavy (non-hydrogen) atoms. The van der Waals surface area contributed by atoms with Crippen molar-refractivity contribution in [2.75, 3.05) is 0 Å². The van der Waals surface area contributed by atoms with E-state index in [2.05, 4.69) is 25.6 Å². The van der Waals surface area contributed by atoms with Crippen molar-refractivity contribution in [3.8, 4) is 0 Å². The summed E-state index contributed by atoms with van der Waals surface area (Å²) in [5.41, 5.74) is 1.81. The van der Waals surface area contributed by atoms with Crippen molar-refractivity contribution in [3.05, 3.63) is 58.3 Å². The van der Waals surface area contributed by atoms with E-state index in [1.54, 1.807) is 36.5 Å². The summed E-state index contributed by atoms with van der Waals surface area (Å²) in [6.07, 6.45) is 1.64. The van der Waals surface area contributed by atoms with Crippen LogP contribution in [0.5, 0.6) is 0 Å². The Morgan fingerprint density at radius 1 is 1.21 bits per heavy atom. The molecule has 0 fully saturated rings. The molecule has 1 N–H and O–H groups in total. The van der Waals surface area contributed by atoms with E-state index < -0.39 is 10.0 Å². The van der Waals surface area contributed by atoms with Gasteiger partial charge in [0.2, 0.25) is 10.0 Å². The van der Waals surface area contributed by atoms with Crippen LogP contribution >= 0.6 is 15.9 Å². The minimum Gasteiger partial charge on any atom is -0.249 e. The molecule has 0 aliphatic rings. The average molecular weight is 341 g/mol. The minimum absolute atomic E-state index is 0.199. The Morgan fingerprint density at radius 3 is 2.53 bits per heavy atom. The zero-order valence-electron chi connectivity index (χ0n) is 10.3. The third-order valence-electron chi connectivity index (χ3n) is 2.62. The Morgan fingerprint density at radius 2 is 1.89 bits per heavy atom. The van der Waals surface area contributed by atoms with Gasteiger partial charge in [0.05, 0.1) is 4.90 Å². The number of aromatic nitrogens is 1. The zero-order valence-corrected chi connectivity index (χ0v) is 12.7. The third kappa shape index (κ3) is 3.62. The van der Waals surface area contributed by atoms with Gasteiger partial charge in [0, 0.05) is 12.7 Å². The Hall–Kier alpha value is -1.24. The van der Waals surface area contributed by atoms with Gasteiger partial charge in [-0.05, 0) is 46.6 Å². The van der Waals surface area contributed by atoms with Crippen molar-refractivity contribution < 1.29 is 8.42 Å². The van der Waals surface area contributed by atoms with E-state index in [0.717, 1.165) is 11.1 Å². The van der Waals surface area contributed by atoms with Gasteiger partial charge in [0.1, 0.15) is 4.60 Å². The van der Waals surface area contributed by atoms with E-state index in [-0.39, 0.29) is 11.4 Å². The molecule has 0 saturated heterocycles. The number of rotatable bonds is 4. The quantitative estimate of drug-likeness (QED) is 0.870. The van der Waals surface area contributed by atoms with E-state index >= 15 is 0 Å². The van der Waals surface area contributed by atoms with Crippen LogP contribution < -0.4 is 4.72 Å². The first-order valence-electron chi connectivity index (χ1n) is 5.65. The van der Waals surface area contributed by atoms with Crippen LogP contribution in [0.15, 0.2) is 52.1 Å². The maximum atomic E-state index is 12.1. The fourth-order valence-electron chi connectivity index (χ4n) is 1.52. The van der Waals surface area contributed by atoms with E-state index in [4.69, 9.17) is 0 Å². The van der Waals surface area contributed by atoms with Crippen LogP contribution in [0.1, 0.15) is 11.1 Å². The summed E-state index contributed by atoms with van der Waals surface area (Å²) in [7, 11) is -3.49. The number of nitrogens with one attached hydrogen (secondary N) is 1. The predicted molar refractivity (Wildman–Crippen MR) is 77.1 cm³/mol. The van der Waals surface area contributed by atoms with Crippen LogP contribution in [-0.4, -0.2) is 13.4 Å². The second-order valence-corrected chi connectivity index (χ2v) is 6.61. The lowest BCUT2D eigenvalue weighted by molar-refractivity contribution is 0.581. The smallest absolute Gasteiger partial charge is 0.240 e. The van der Waals surface area contributed by atoms with E-state index in [9.17, 15) is 8.42 Å². The number of hydrogen-bond donors (Lipinski definition) is 1. The highest BCUT2D eigenvalue weighted by Gasteiger charge is 2.13. The Kier molecular flexibility index (Phi) is 4.34. The van der Waals surface area contributed by atoms with Gasteiger partial charge in [0.15, 0.2) is 0 Å². The molecule has 2 rings (SSSR count). The Balaban J connectivity index is 2.14. The van der Waals surface area contributed by atoms with E-state index in [1.165, 1.54) is 0 Å². The number of sulfonamides is 1. The molecular formula is C13H13BrN2O2S. The second kappa shape index (κ2) is 5.81. The molecule has 1 aromatic carbocycles. The van der Waals surface area contributed by atoms with Gasteiger partial charge in [-0.25, -0.2) is 18.1 Å². The molecule has 4 nitrogen and oxygen atoms in total. The first-order chi connectivity index (χ1) is 8.99. The molecule has 0 unspecified atom stereocenters. The monoisotopic (exact) mass is 340 g/mol. The van der Waals surface area contributed by atoms with Crippen LogP contribution in [0.2, 0.25) is 0 Å². The molecule has 100 valence electrons. The minimum atomic E-state index is -3.49. The molecule has 0 radical (unpaired) electrons. The molecule has 0 aliphatic heterocycles. The van der Waals surface area contributed by atoms with Gasteiger partial charge in [-0.1, -0.05) is 23.8 Å². The topological polar surface area (TPSA) is 59.1 Å². The van der Waals surface area contributed by atoms with Gasteiger partial charge in [0.25, 0.3) is 0 Å². The molecule has 0 spiro atoms. The van der Waals surface area contributed by atoms with Gasteiger partial charge < -0.3 is 0 Å². The van der Waals surface area contributed by atoms with Crippen LogP contribution in [0.4, 0.5) is 0 Å². The highest BCUT2D eigenvalue weighted by atomic mass is 79.9. The number of halogens is 1. The largest absolute Gasteiger partial charge is 0.249 e. The van der Waals surface area contributed by atoms with Crippen LogP contribution in [0, 0.1) is 6.92 Å². The first-order valence-corrected chi connectivity index (χ1v) is 7.92. The van der Waals surface area contributed by atoms with Crippen LogP contribution in [-0.2, 0) is 16.6 Å². The second-order valence-electron chi connectivity index (χ2n) is 4.09. The molecule has 0 aliphatic carbocycles. The molecule has 1 heterocycles. The van der Waals surface area contributed by atoms with E-state index in [0.29, 0.717) is 4.60 Å². The molecular weight excluding hydrogens is 328 g/mol. The van der Waals surface area contributed by atoms with Crippen molar-refractivity contribution in [1.29, 1.82) is 0 Å². The van der Waals surface area contributed by atoms with Crippen molar-refractivity contribution in [3.63, 3.8) is 0 Å². The van der Waals surface area contributed by atoms with Gasteiger partial charge in [-0.15, -0.1) is 0 Å². The lowest BCUT2D eigenvalue weighted by Crippen LogP contribution is -2.23. The van der Waals surface area contributed by atoms with E-state index in [1.807, 2.05) is 13.0 Å². The highest BCUT2D eigenvalue weighted by Crippen LogP contribution is 2.14. The normalized spacial score (nSPS) is 11.5. The third-order valence-corrected chi connectivity index (χ3v) is 4.75. The maximum Gasteiger partial charge on any atom is 0.240 e. The Labute approximate surface area is 121 Å². The number of hydrogen-bond acceptors (Lipinski definition) is 3. The van der Waals surface area contributed by atoms with Gasteiger partial charge in [-0.3, -0.25) is 0 Å². The van der Waals surface area contributed by atoms with Crippen LogP contribution in [0.3, 0.4) is 0 Å². The standard InChI is InChI=1S/C13H13BrN2O2S/c1-10-4-6-12(7-5-10)19(17,18)16-9-11-3-2-8-15-13(11)14/h2-8,16H,9H2,1H3. The van der Waals surface area contributed by atoms with Crippen molar-refractivity contribution in [2.24, 2.45) is 0 Å². The molecule has 0 saturated carbocycles. The summed E-state index contributed by atoms with van der Waals surface area (Å²) >= 11 is 3.28. The van der Waals surface area contributed by atoms with Crippen LogP contribution in [0.25, 0.3) is 0 Å². The van der Waals surface area contributed by atoms with Crippen molar-refractivity contribution in [2.45, 2.75) is 18.4 Å². The highest BCUT2D eigenvalue weighted by molar-refractivity contribution is 9.10. The zero-order chi connectivity index (χ0) is 13.9. The molecule has 0 bridgehead atoms. The van der Waals surface area contributed by atoms with Gasteiger partial charge in [-0.2, -0.15) is 0 Å². The number of pyridine rings is 1. The maximum absolute atomic E-state index is 12.1. The summed E-state index contributed by atoms with van der Waals surface area (Å²) in [4.78, 5) is 4.31. The summed E-state index contributed by atoms with van der Waals surface area (Å²) in [6.45, 7) is 2.11. The summed E-state index contributed by atoms with van der Waals surface area (Å²) in [5.74, 6) is 0. The van der Waals surface area contributed by atoms with Crippen molar-refractivity contribution in [1.82, 2.24) is 9.71 Å². The summed E-state index contributed by atoms with van der Waals surface area (Å²) < 4.78 is 27.4.